The maximum Gasteiger partial charge on any atom is 0.326 e. The number of primary amides is 2. The lowest BCUT2D eigenvalue weighted by molar-refractivity contribution is -0.142. The Balaban J connectivity index is 2.98. The van der Waals surface area contributed by atoms with Crippen molar-refractivity contribution >= 4 is 35.5 Å². The minimum absolute atomic E-state index is 0.0468. The topological polar surface area (TPSA) is 283 Å². The van der Waals surface area contributed by atoms with Crippen molar-refractivity contribution in [2.24, 2.45) is 22.9 Å². The molecular weight excluding hydrogens is 514 g/mol. The van der Waals surface area contributed by atoms with Crippen molar-refractivity contribution in [2.75, 3.05) is 6.54 Å². The normalized spacial score (nSPS) is 13.8. The summed E-state index contributed by atoms with van der Waals surface area (Å²) in [5.74, 6) is -5.67. The Bertz CT molecular complexity index is 1020. The van der Waals surface area contributed by atoms with Crippen molar-refractivity contribution in [3.05, 3.63) is 29.8 Å². The van der Waals surface area contributed by atoms with Gasteiger partial charge in [0.25, 0.3) is 0 Å². The summed E-state index contributed by atoms with van der Waals surface area (Å²) in [4.78, 5) is 72.7. The third kappa shape index (κ3) is 12.7. The Hall–Kier alpha value is -4.24. The van der Waals surface area contributed by atoms with Crippen LogP contribution in [0.4, 0.5) is 0 Å². The molecule has 0 saturated carbocycles. The molecule has 4 unspecified atom stereocenters. The van der Waals surface area contributed by atoms with Gasteiger partial charge in [0.05, 0.1) is 12.5 Å². The number of hydrogen-bond acceptors (Lipinski definition) is 9. The van der Waals surface area contributed by atoms with Gasteiger partial charge in [-0.3, -0.25) is 24.0 Å². The third-order valence-corrected chi connectivity index (χ3v) is 5.64. The van der Waals surface area contributed by atoms with Crippen LogP contribution in [0.3, 0.4) is 0 Å². The van der Waals surface area contributed by atoms with Crippen LogP contribution in [0.1, 0.15) is 44.1 Å². The van der Waals surface area contributed by atoms with Gasteiger partial charge in [-0.2, -0.15) is 0 Å². The molecule has 0 heterocycles. The molecule has 0 bridgehead atoms. The molecule has 0 aliphatic carbocycles. The Morgan fingerprint density at radius 3 is 1.87 bits per heavy atom. The maximum atomic E-state index is 13.1. The zero-order chi connectivity index (χ0) is 29.5. The second-order valence-corrected chi connectivity index (χ2v) is 8.96. The molecule has 13 N–H and O–H groups in total. The number of unbranched alkanes of at least 4 members (excludes halogenated alkanes) is 1. The summed E-state index contributed by atoms with van der Waals surface area (Å²) in [7, 11) is 0. The molecule has 1 aromatic carbocycles. The van der Waals surface area contributed by atoms with Crippen molar-refractivity contribution in [3.8, 4) is 5.75 Å². The van der Waals surface area contributed by atoms with E-state index in [9.17, 15) is 39.0 Å². The van der Waals surface area contributed by atoms with Crippen molar-refractivity contribution in [1.29, 1.82) is 0 Å². The lowest BCUT2D eigenvalue weighted by Gasteiger charge is -2.25. The summed E-state index contributed by atoms with van der Waals surface area (Å²) in [6.45, 7) is 0.331. The van der Waals surface area contributed by atoms with E-state index in [1.165, 1.54) is 12.1 Å². The highest BCUT2D eigenvalue weighted by molar-refractivity contribution is 5.96. The summed E-state index contributed by atoms with van der Waals surface area (Å²) >= 11 is 0. The van der Waals surface area contributed by atoms with Gasteiger partial charge in [0.1, 0.15) is 23.9 Å². The van der Waals surface area contributed by atoms with E-state index < -0.39 is 66.1 Å². The van der Waals surface area contributed by atoms with Gasteiger partial charge < -0.3 is 49.1 Å². The molecule has 0 spiro atoms. The van der Waals surface area contributed by atoms with Crippen LogP contribution in [-0.4, -0.2) is 76.4 Å². The number of rotatable bonds is 18. The first-order chi connectivity index (χ1) is 18.3. The average Bonchev–Trinajstić information content (AvgIpc) is 2.86. The van der Waals surface area contributed by atoms with E-state index in [0.717, 1.165) is 0 Å². The number of aromatic hydroxyl groups is 1. The molecule has 15 nitrogen and oxygen atoms in total. The van der Waals surface area contributed by atoms with E-state index in [1.54, 1.807) is 12.1 Å². The molecule has 0 saturated heterocycles. The number of benzene rings is 1. The molecule has 1 aromatic rings. The van der Waals surface area contributed by atoms with Gasteiger partial charge >= 0.3 is 5.97 Å². The summed E-state index contributed by atoms with van der Waals surface area (Å²) in [6.07, 6.45) is -0.106. The van der Waals surface area contributed by atoms with Crippen molar-refractivity contribution in [3.63, 3.8) is 0 Å². The van der Waals surface area contributed by atoms with Crippen LogP contribution < -0.4 is 38.9 Å². The second-order valence-electron chi connectivity index (χ2n) is 8.96. The first kappa shape index (κ1) is 32.8. The van der Waals surface area contributed by atoms with Crippen molar-refractivity contribution < 1.29 is 39.0 Å². The van der Waals surface area contributed by atoms with Gasteiger partial charge in [0.15, 0.2) is 0 Å². The number of nitrogens with one attached hydrogen (secondary N) is 3. The van der Waals surface area contributed by atoms with E-state index >= 15 is 0 Å². The second kappa shape index (κ2) is 16.6. The van der Waals surface area contributed by atoms with Crippen LogP contribution in [0.25, 0.3) is 0 Å². The largest absolute Gasteiger partial charge is 0.508 e. The lowest BCUT2D eigenvalue weighted by atomic mass is 10.0. The van der Waals surface area contributed by atoms with E-state index in [1.807, 2.05) is 0 Å². The van der Waals surface area contributed by atoms with Crippen molar-refractivity contribution in [1.82, 2.24) is 16.0 Å². The Labute approximate surface area is 225 Å². The fourth-order valence-electron chi connectivity index (χ4n) is 3.52. The summed E-state index contributed by atoms with van der Waals surface area (Å²) in [6, 6.07) is 0.767. The molecule has 15 heteroatoms. The molecule has 5 amide bonds. The summed E-state index contributed by atoms with van der Waals surface area (Å²) in [5, 5.41) is 25.8. The Kier molecular flexibility index (Phi) is 13.9. The molecule has 0 aliphatic rings. The van der Waals surface area contributed by atoms with Crippen LogP contribution in [0.5, 0.6) is 5.75 Å². The molecule has 0 aliphatic heterocycles. The van der Waals surface area contributed by atoms with Gasteiger partial charge in [-0.1, -0.05) is 12.1 Å². The number of aliphatic carboxylic acids is 1. The van der Waals surface area contributed by atoms with E-state index in [4.69, 9.17) is 22.9 Å². The highest BCUT2D eigenvalue weighted by Crippen LogP contribution is 2.11. The first-order valence-corrected chi connectivity index (χ1v) is 12.3. The number of carboxylic acids is 1. The zero-order valence-corrected chi connectivity index (χ0v) is 21.4. The van der Waals surface area contributed by atoms with E-state index in [-0.39, 0.29) is 31.4 Å². The Morgan fingerprint density at radius 1 is 0.769 bits per heavy atom. The third-order valence-electron chi connectivity index (χ3n) is 5.64. The average molecular weight is 552 g/mol. The zero-order valence-electron chi connectivity index (χ0n) is 21.4. The number of phenolic OH excluding ortho intramolecular Hbond substituents is 1. The number of phenols is 1. The van der Waals surface area contributed by atoms with Gasteiger partial charge in [-0.25, -0.2) is 4.79 Å². The number of amides is 5. The Morgan fingerprint density at radius 2 is 1.33 bits per heavy atom. The smallest absolute Gasteiger partial charge is 0.326 e. The minimum atomic E-state index is -1.56. The summed E-state index contributed by atoms with van der Waals surface area (Å²) < 4.78 is 0. The highest BCUT2D eigenvalue weighted by Gasteiger charge is 2.31. The fraction of sp³-hybridized carbons (Fsp3) is 0.500. The van der Waals surface area contributed by atoms with Crippen LogP contribution in [0, 0.1) is 0 Å². The van der Waals surface area contributed by atoms with E-state index in [2.05, 4.69) is 16.0 Å². The minimum Gasteiger partial charge on any atom is -0.508 e. The summed E-state index contributed by atoms with van der Waals surface area (Å²) in [5.41, 5.74) is 22.4. The molecule has 1 rings (SSSR count). The van der Waals surface area contributed by atoms with Crippen LogP contribution in [-0.2, 0) is 35.2 Å². The molecule has 4 atom stereocenters. The monoisotopic (exact) mass is 551 g/mol. The molecule has 0 fully saturated rings. The van der Waals surface area contributed by atoms with Crippen molar-refractivity contribution in [2.45, 2.75) is 69.1 Å². The fourth-order valence-corrected chi connectivity index (χ4v) is 3.52. The number of hydrogen-bond donors (Lipinski definition) is 9. The maximum absolute atomic E-state index is 13.1. The first-order valence-electron chi connectivity index (χ1n) is 12.3. The molecule has 39 heavy (non-hydrogen) atoms. The SMILES string of the molecule is NCCCCC(NC(=O)C(N)Cc1ccc(O)cc1)C(=O)NC(CC(N)=O)C(=O)NC(CCC(N)=O)C(=O)O. The van der Waals surface area contributed by atoms with Gasteiger partial charge in [0, 0.05) is 6.42 Å². The van der Waals surface area contributed by atoms with E-state index in [0.29, 0.717) is 24.9 Å². The molecular formula is C24H37N7O8. The van der Waals surface area contributed by atoms with Gasteiger partial charge in [-0.15, -0.1) is 0 Å². The number of carbonyl (C=O) groups excluding carboxylic acids is 5. The molecule has 216 valence electrons. The predicted octanol–water partition coefficient (Wildman–Crippen LogP) is -2.93. The van der Waals surface area contributed by atoms with Crippen LogP contribution in [0.2, 0.25) is 0 Å². The van der Waals surface area contributed by atoms with Crippen LogP contribution >= 0.6 is 0 Å². The predicted molar refractivity (Wildman–Crippen MR) is 138 cm³/mol. The quantitative estimate of drug-likeness (QED) is 0.0837. The molecule has 0 radical (unpaired) electrons. The lowest BCUT2D eigenvalue weighted by Crippen LogP contribution is -2.58. The van der Waals surface area contributed by atoms with Gasteiger partial charge in [0.2, 0.25) is 29.5 Å². The number of nitrogens with two attached hydrogens (primary N) is 4. The highest BCUT2D eigenvalue weighted by atomic mass is 16.4. The van der Waals surface area contributed by atoms with Crippen LogP contribution in [0.15, 0.2) is 24.3 Å². The number of carboxylic acid groups (broad SMARTS) is 1. The standard InChI is InChI=1S/C24H37N7O8/c25-10-2-1-3-16(29-21(35)15(26)11-13-4-6-14(32)7-5-13)22(36)31-18(12-20(28)34)23(37)30-17(24(38)39)8-9-19(27)33/h4-7,15-18,32H,1-3,8-12,25-26H2,(H2,27,33)(H2,28,34)(H,29,35)(H,30,37)(H,31,36)(H,38,39). The van der Waals surface area contributed by atoms with Gasteiger partial charge in [-0.05, 0) is 56.3 Å². The molecule has 0 aromatic heterocycles. The number of carbonyl (C=O) groups is 6.